The van der Waals surface area contributed by atoms with Gasteiger partial charge >= 0.3 is 0 Å². The molecule has 2 heterocycles. The van der Waals surface area contributed by atoms with Gasteiger partial charge in [0.25, 0.3) is 5.91 Å². The van der Waals surface area contributed by atoms with Crippen molar-refractivity contribution in [2.75, 3.05) is 0 Å². The molecule has 0 saturated carbocycles. The van der Waals surface area contributed by atoms with Crippen LogP contribution in [0.4, 0.5) is 0 Å². The van der Waals surface area contributed by atoms with E-state index < -0.39 is 5.91 Å². The quantitative estimate of drug-likeness (QED) is 0.611. The first-order valence-electron chi connectivity index (χ1n) is 8.24. The Bertz CT molecular complexity index is 1160. The number of nitrogens with one attached hydrogen (secondary N) is 1. The number of amides is 1. The average Bonchev–Trinajstić information content (AvgIpc) is 3.04. The minimum Gasteiger partial charge on any atom is -0.451 e. The summed E-state index contributed by atoms with van der Waals surface area (Å²) < 4.78 is 7.30. The molecule has 26 heavy (non-hydrogen) atoms. The highest BCUT2D eigenvalue weighted by Gasteiger charge is 2.16. The predicted molar refractivity (Wildman–Crippen MR) is 96.9 cm³/mol. The molecule has 7 nitrogen and oxygen atoms in total. The van der Waals surface area contributed by atoms with Crippen LogP contribution >= 0.6 is 0 Å². The molecule has 2 aromatic carbocycles. The largest absolute Gasteiger partial charge is 0.451 e. The number of nitrogens with zero attached hydrogens (tertiary/aromatic N) is 3. The van der Waals surface area contributed by atoms with E-state index in [1.165, 1.54) is 6.07 Å². The standard InChI is InChI=1S/C19H16N4O3/c1-12(11-23-15-8-4-3-7-14(15)21-22-23)20-19(25)18-10-16(24)13-6-2-5-9-17(13)26-18/h2-10,12H,11H2,1H3,(H,20,25)/t12-/m1/s1. The van der Waals surface area contributed by atoms with E-state index in [9.17, 15) is 9.59 Å². The first-order valence-corrected chi connectivity index (χ1v) is 8.24. The molecule has 0 aliphatic heterocycles. The van der Waals surface area contributed by atoms with Crippen LogP contribution in [0.2, 0.25) is 0 Å². The van der Waals surface area contributed by atoms with E-state index in [1.807, 2.05) is 31.2 Å². The Balaban J connectivity index is 1.53. The zero-order valence-corrected chi connectivity index (χ0v) is 14.0. The third kappa shape index (κ3) is 2.95. The Kier molecular flexibility index (Phi) is 3.96. The van der Waals surface area contributed by atoms with Crippen LogP contribution in [-0.2, 0) is 6.54 Å². The number of rotatable bonds is 4. The fourth-order valence-corrected chi connectivity index (χ4v) is 2.87. The molecule has 0 saturated heterocycles. The molecule has 0 spiro atoms. The summed E-state index contributed by atoms with van der Waals surface area (Å²) in [5.74, 6) is -0.450. The Morgan fingerprint density at radius 3 is 2.85 bits per heavy atom. The second kappa shape index (κ2) is 6.44. The number of aromatic nitrogens is 3. The zero-order valence-electron chi connectivity index (χ0n) is 14.0. The molecule has 4 aromatic rings. The molecule has 7 heteroatoms. The van der Waals surface area contributed by atoms with Crippen LogP contribution in [-0.4, -0.2) is 26.9 Å². The van der Waals surface area contributed by atoms with E-state index >= 15 is 0 Å². The zero-order chi connectivity index (χ0) is 18.1. The van der Waals surface area contributed by atoms with Gasteiger partial charge in [-0.05, 0) is 31.2 Å². The molecule has 0 bridgehead atoms. The van der Waals surface area contributed by atoms with Crippen LogP contribution < -0.4 is 10.7 Å². The predicted octanol–water partition coefficient (Wildman–Crippen LogP) is 2.36. The average molecular weight is 348 g/mol. The maximum atomic E-state index is 12.5. The van der Waals surface area contributed by atoms with Crippen LogP contribution in [0.15, 0.2) is 63.8 Å². The van der Waals surface area contributed by atoms with Gasteiger partial charge in [0.05, 0.1) is 17.4 Å². The lowest BCUT2D eigenvalue weighted by Gasteiger charge is -2.13. The number of carbonyl (C=O) groups is 1. The minimum absolute atomic E-state index is 0.0102. The molecule has 1 N–H and O–H groups in total. The Morgan fingerprint density at radius 1 is 1.19 bits per heavy atom. The van der Waals surface area contributed by atoms with Crippen molar-refractivity contribution in [1.29, 1.82) is 0 Å². The Morgan fingerprint density at radius 2 is 1.96 bits per heavy atom. The number of carbonyl (C=O) groups excluding carboxylic acids is 1. The highest BCUT2D eigenvalue weighted by atomic mass is 16.3. The number of hydrogen-bond donors (Lipinski definition) is 1. The van der Waals surface area contributed by atoms with Gasteiger partial charge in [0.15, 0.2) is 11.2 Å². The van der Waals surface area contributed by atoms with Gasteiger partial charge in [0.2, 0.25) is 0 Å². The number of fused-ring (bicyclic) bond motifs is 2. The molecular weight excluding hydrogens is 332 g/mol. The number of para-hydroxylation sites is 2. The van der Waals surface area contributed by atoms with Crippen LogP contribution in [0, 0.1) is 0 Å². The van der Waals surface area contributed by atoms with Gasteiger partial charge in [-0.15, -0.1) is 5.10 Å². The Hall–Kier alpha value is -3.48. The minimum atomic E-state index is -0.440. The van der Waals surface area contributed by atoms with Crippen molar-refractivity contribution in [3.8, 4) is 0 Å². The normalized spacial score (nSPS) is 12.3. The Labute approximate surface area is 148 Å². The molecule has 1 atom stereocenters. The summed E-state index contributed by atoms with van der Waals surface area (Å²) in [6.45, 7) is 2.30. The molecule has 130 valence electrons. The van der Waals surface area contributed by atoms with Crippen LogP contribution in [0.1, 0.15) is 17.5 Å². The van der Waals surface area contributed by atoms with Gasteiger partial charge in [-0.25, -0.2) is 4.68 Å². The van der Waals surface area contributed by atoms with Crippen molar-refractivity contribution in [2.45, 2.75) is 19.5 Å². The molecule has 1 amide bonds. The first kappa shape index (κ1) is 16.0. The lowest BCUT2D eigenvalue weighted by atomic mass is 10.2. The number of hydrogen-bond acceptors (Lipinski definition) is 5. The maximum absolute atomic E-state index is 12.5. The topological polar surface area (TPSA) is 90.0 Å². The summed E-state index contributed by atoms with van der Waals surface area (Å²) in [5.41, 5.74) is 1.84. The first-order chi connectivity index (χ1) is 12.6. The summed E-state index contributed by atoms with van der Waals surface area (Å²) in [7, 11) is 0. The van der Waals surface area contributed by atoms with Crippen molar-refractivity contribution in [2.24, 2.45) is 0 Å². The van der Waals surface area contributed by atoms with Crippen molar-refractivity contribution in [3.63, 3.8) is 0 Å². The molecule has 0 unspecified atom stereocenters. The molecule has 0 aliphatic carbocycles. The monoisotopic (exact) mass is 348 g/mol. The molecule has 0 aliphatic rings. The van der Waals surface area contributed by atoms with Crippen LogP contribution in [0.3, 0.4) is 0 Å². The SMILES string of the molecule is C[C@H](Cn1nnc2ccccc21)NC(=O)c1cc(=O)c2ccccc2o1. The summed E-state index contributed by atoms with van der Waals surface area (Å²) in [6.07, 6.45) is 0. The van der Waals surface area contributed by atoms with E-state index in [1.54, 1.807) is 28.9 Å². The summed E-state index contributed by atoms with van der Waals surface area (Å²) in [4.78, 5) is 24.6. The van der Waals surface area contributed by atoms with Gasteiger partial charge in [-0.2, -0.15) is 0 Å². The highest BCUT2D eigenvalue weighted by molar-refractivity contribution is 5.93. The van der Waals surface area contributed by atoms with E-state index in [0.717, 1.165) is 11.0 Å². The fraction of sp³-hybridized carbons (Fsp3) is 0.158. The molecule has 4 rings (SSSR count). The fourth-order valence-electron chi connectivity index (χ4n) is 2.87. The number of benzene rings is 2. The molecule has 0 radical (unpaired) electrons. The summed E-state index contributed by atoms with van der Waals surface area (Å²) >= 11 is 0. The summed E-state index contributed by atoms with van der Waals surface area (Å²) in [5, 5.41) is 11.5. The van der Waals surface area contributed by atoms with Crippen molar-refractivity contribution >= 4 is 27.9 Å². The molecular formula is C19H16N4O3. The van der Waals surface area contributed by atoms with Gasteiger partial charge in [-0.3, -0.25) is 9.59 Å². The van der Waals surface area contributed by atoms with E-state index in [0.29, 0.717) is 17.5 Å². The smallest absolute Gasteiger partial charge is 0.287 e. The molecule has 0 fully saturated rings. The van der Waals surface area contributed by atoms with E-state index in [4.69, 9.17) is 4.42 Å². The van der Waals surface area contributed by atoms with Gasteiger partial charge in [-0.1, -0.05) is 29.5 Å². The summed E-state index contributed by atoms with van der Waals surface area (Å²) in [6, 6.07) is 15.4. The van der Waals surface area contributed by atoms with Crippen molar-refractivity contribution in [1.82, 2.24) is 20.3 Å². The lowest BCUT2D eigenvalue weighted by Crippen LogP contribution is -2.36. The highest BCUT2D eigenvalue weighted by Crippen LogP contribution is 2.13. The van der Waals surface area contributed by atoms with Crippen molar-refractivity contribution in [3.05, 3.63) is 70.6 Å². The van der Waals surface area contributed by atoms with E-state index in [-0.39, 0.29) is 17.2 Å². The third-order valence-electron chi connectivity index (χ3n) is 4.10. The van der Waals surface area contributed by atoms with Crippen molar-refractivity contribution < 1.29 is 9.21 Å². The van der Waals surface area contributed by atoms with Crippen LogP contribution in [0.5, 0.6) is 0 Å². The van der Waals surface area contributed by atoms with Gasteiger partial charge in [0, 0.05) is 12.1 Å². The van der Waals surface area contributed by atoms with Gasteiger partial charge in [0.1, 0.15) is 11.1 Å². The second-order valence-corrected chi connectivity index (χ2v) is 6.11. The van der Waals surface area contributed by atoms with Gasteiger partial charge < -0.3 is 9.73 Å². The third-order valence-corrected chi connectivity index (χ3v) is 4.10. The van der Waals surface area contributed by atoms with E-state index in [2.05, 4.69) is 15.6 Å². The van der Waals surface area contributed by atoms with Crippen LogP contribution in [0.25, 0.3) is 22.0 Å². The molecule has 2 aromatic heterocycles. The maximum Gasteiger partial charge on any atom is 0.287 e. The lowest BCUT2D eigenvalue weighted by molar-refractivity contribution is 0.0908. The second-order valence-electron chi connectivity index (χ2n) is 6.11.